The lowest BCUT2D eigenvalue weighted by Gasteiger charge is -2.11. The SMILES string of the molecule is COC(=O)c1ccc(CCn2c(-c3ccnc4[nH]ccc34)nc3cc(Cl)c(Cl)cc32)cc1. The van der Waals surface area contributed by atoms with Crippen LogP contribution in [0, 0.1) is 0 Å². The van der Waals surface area contributed by atoms with Crippen LogP contribution in [-0.4, -0.2) is 32.6 Å². The molecule has 2 aromatic carbocycles. The number of fused-ring (bicyclic) bond motifs is 2. The van der Waals surface area contributed by atoms with Crippen LogP contribution in [0.1, 0.15) is 15.9 Å². The quantitative estimate of drug-likeness (QED) is 0.327. The third-order valence-electron chi connectivity index (χ3n) is 5.49. The number of H-pyrrole nitrogens is 1. The molecule has 160 valence electrons. The number of aromatic nitrogens is 4. The number of aromatic amines is 1. The van der Waals surface area contributed by atoms with Crippen LogP contribution in [-0.2, 0) is 17.7 Å². The summed E-state index contributed by atoms with van der Waals surface area (Å²) in [6, 6.07) is 15.0. The number of carbonyl (C=O) groups excluding carboxylic acids is 1. The van der Waals surface area contributed by atoms with Crippen LogP contribution in [0.2, 0.25) is 10.0 Å². The first-order valence-electron chi connectivity index (χ1n) is 10.00. The van der Waals surface area contributed by atoms with Crippen molar-refractivity contribution in [1.82, 2.24) is 19.5 Å². The normalized spacial score (nSPS) is 11.3. The van der Waals surface area contributed by atoms with Crippen LogP contribution in [0.3, 0.4) is 0 Å². The number of carbonyl (C=O) groups is 1. The van der Waals surface area contributed by atoms with E-state index in [4.69, 9.17) is 32.9 Å². The van der Waals surface area contributed by atoms with Crippen LogP contribution in [0.15, 0.2) is 60.9 Å². The minimum absolute atomic E-state index is 0.348. The number of hydrogen-bond acceptors (Lipinski definition) is 4. The Hall–Kier alpha value is -3.35. The van der Waals surface area contributed by atoms with E-state index in [1.807, 2.05) is 36.5 Å². The largest absolute Gasteiger partial charge is 0.465 e. The van der Waals surface area contributed by atoms with Gasteiger partial charge in [-0.25, -0.2) is 14.8 Å². The number of benzene rings is 2. The van der Waals surface area contributed by atoms with E-state index in [1.54, 1.807) is 24.4 Å². The highest BCUT2D eigenvalue weighted by Gasteiger charge is 2.17. The van der Waals surface area contributed by atoms with Crippen LogP contribution >= 0.6 is 23.2 Å². The van der Waals surface area contributed by atoms with Crippen molar-refractivity contribution in [2.45, 2.75) is 13.0 Å². The van der Waals surface area contributed by atoms with Gasteiger partial charge in [0.2, 0.25) is 0 Å². The van der Waals surface area contributed by atoms with E-state index in [0.717, 1.165) is 45.4 Å². The molecule has 0 fully saturated rings. The molecule has 0 spiro atoms. The summed E-state index contributed by atoms with van der Waals surface area (Å²) in [5.41, 5.74) is 5.07. The Bertz CT molecular complexity index is 1450. The molecular formula is C24H18Cl2N4O2. The van der Waals surface area contributed by atoms with Crippen molar-refractivity contribution in [2.75, 3.05) is 7.11 Å². The fourth-order valence-electron chi connectivity index (χ4n) is 3.87. The van der Waals surface area contributed by atoms with E-state index in [9.17, 15) is 4.79 Å². The zero-order chi connectivity index (χ0) is 22.2. The molecule has 1 N–H and O–H groups in total. The number of rotatable bonds is 5. The van der Waals surface area contributed by atoms with Gasteiger partial charge in [0.05, 0.1) is 33.8 Å². The number of pyridine rings is 1. The van der Waals surface area contributed by atoms with Gasteiger partial charge < -0.3 is 14.3 Å². The first kappa shape index (κ1) is 20.5. The molecule has 6 nitrogen and oxygen atoms in total. The maximum Gasteiger partial charge on any atom is 0.337 e. The maximum absolute atomic E-state index is 11.7. The summed E-state index contributed by atoms with van der Waals surface area (Å²) in [5, 5.41) is 1.94. The second-order valence-electron chi connectivity index (χ2n) is 7.38. The van der Waals surface area contributed by atoms with Gasteiger partial charge in [-0.3, -0.25) is 0 Å². The van der Waals surface area contributed by atoms with Gasteiger partial charge in [0.25, 0.3) is 0 Å². The third-order valence-corrected chi connectivity index (χ3v) is 6.21. The van der Waals surface area contributed by atoms with Crippen molar-refractivity contribution < 1.29 is 9.53 Å². The molecule has 0 aliphatic carbocycles. The number of ether oxygens (including phenoxy) is 1. The van der Waals surface area contributed by atoms with Gasteiger partial charge in [0, 0.05) is 29.9 Å². The van der Waals surface area contributed by atoms with Gasteiger partial charge in [-0.2, -0.15) is 0 Å². The highest BCUT2D eigenvalue weighted by molar-refractivity contribution is 6.42. The lowest BCUT2D eigenvalue weighted by molar-refractivity contribution is 0.0600. The predicted molar refractivity (Wildman–Crippen MR) is 126 cm³/mol. The Kier molecular flexibility index (Phi) is 5.33. The lowest BCUT2D eigenvalue weighted by atomic mass is 10.1. The average Bonchev–Trinajstić information content (AvgIpc) is 3.42. The van der Waals surface area contributed by atoms with E-state index in [2.05, 4.69) is 14.5 Å². The molecule has 0 bridgehead atoms. The smallest absolute Gasteiger partial charge is 0.337 e. The number of nitrogens with zero attached hydrogens (tertiary/aromatic N) is 3. The number of aryl methyl sites for hydroxylation is 2. The van der Waals surface area contributed by atoms with Gasteiger partial charge in [-0.1, -0.05) is 35.3 Å². The van der Waals surface area contributed by atoms with Crippen molar-refractivity contribution in [3.05, 3.63) is 82.1 Å². The summed E-state index contributed by atoms with van der Waals surface area (Å²) in [4.78, 5) is 24.1. The first-order valence-corrected chi connectivity index (χ1v) is 10.8. The van der Waals surface area contributed by atoms with E-state index in [-0.39, 0.29) is 5.97 Å². The highest BCUT2D eigenvalue weighted by atomic mass is 35.5. The Labute approximate surface area is 193 Å². The predicted octanol–water partition coefficient (Wildman–Crippen LogP) is 5.92. The summed E-state index contributed by atoms with van der Waals surface area (Å²) < 4.78 is 6.92. The minimum atomic E-state index is -0.348. The highest BCUT2D eigenvalue weighted by Crippen LogP contribution is 2.33. The van der Waals surface area contributed by atoms with E-state index < -0.39 is 0 Å². The van der Waals surface area contributed by atoms with E-state index >= 15 is 0 Å². The number of esters is 1. The molecule has 5 aromatic rings. The molecule has 8 heteroatoms. The molecule has 0 saturated heterocycles. The van der Waals surface area contributed by atoms with Crippen LogP contribution in [0.4, 0.5) is 0 Å². The fourth-order valence-corrected chi connectivity index (χ4v) is 4.19. The van der Waals surface area contributed by atoms with Crippen molar-refractivity contribution in [3.8, 4) is 11.4 Å². The van der Waals surface area contributed by atoms with E-state index in [1.165, 1.54) is 7.11 Å². The molecule has 5 rings (SSSR count). The lowest BCUT2D eigenvalue weighted by Crippen LogP contribution is -2.05. The summed E-state index contributed by atoms with van der Waals surface area (Å²) >= 11 is 12.6. The molecule has 0 amide bonds. The van der Waals surface area contributed by atoms with Crippen molar-refractivity contribution in [1.29, 1.82) is 0 Å². The van der Waals surface area contributed by atoms with Crippen molar-refractivity contribution in [3.63, 3.8) is 0 Å². The summed E-state index contributed by atoms with van der Waals surface area (Å²) in [6.45, 7) is 0.662. The molecule has 3 heterocycles. The van der Waals surface area contributed by atoms with Gasteiger partial charge >= 0.3 is 5.97 Å². The maximum atomic E-state index is 11.7. The number of imidazole rings is 1. The van der Waals surface area contributed by atoms with Crippen molar-refractivity contribution >= 4 is 51.2 Å². The van der Waals surface area contributed by atoms with Crippen molar-refractivity contribution in [2.24, 2.45) is 0 Å². The Morgan fingerprint density at radius 2 is 1.88 bits per heavy atom. The monoisotopic (exact) mass is 464 g/mol. The molecular weight excluding hydrogens is 447 g/mol. The number of hydrogen-bond donors (Lipinski definition) is 1. The zero-order valence-corrected chi connectivity index (χ0v) is 18.6. The zero-order valence-electron chi connectivity index (χ0n) is 17.1. The molecule has 3 aromatic heterocycles. The fraction of sp³-hybridized carbons (Fsp3) is 0.125. The molecule has 0 unspecified atom stereocenters. The first-order chi connectivity index (χ1) is 15.5. The van der Waals surface area contributed by atoms with Crippen LogP contribution < -0.4 is 0 Å². The van der Waals surface area contributed by atoms with Crippen LogP contribution in [0.25, 0.3) is 33.5 Å². The number of halogens is 2. The summed E-state index contributed by atoms with van der Waals surface area (Å²) in [6.07, 6.45) is 4.37. The molecule has 0 aliphatic rings. The Morgan fingerprint density at radius 3 is 2.66 bits per heavy atom. The molecule has 0 saturated carbocycles. The number of methoxy groups -OCH3 is 1. The van der Waals surface area contributed by atoms with Gasteiger partial charge in [0.15, 0.2) is 0 Å². The van der Waals surface area contributed by atoms with Gasteiger partial charge in [-0.05, 0) is 48.4 Å². The molecule has 0 aliphatic heterocycles. The Morgan fingerprint density at radius 1 is 1.09 bits per heavy atom. The molecule has 0 atom stereocenters. The molecule has 0 radical (unpaired) electrons. The number of nitrogens with one attached hydrogen (secondary N) is 1. The third kappa shape index (κ3) is 3.61. The second-order valence-corrected chi connectivity index (χ2v) is 8.19. The van der Waals surface area contributed by atoms with Crippen LogP contribution in [0.5, 0.6) is 0 Å². The summed E-state index contributed by atoms with van der Waals surface area (Å²) in [5.74, 6) is 0.468. The average molecular weight is 465 g/mol. The van der Waals surface area contributed by atoms with Gasteiger partial charge in [-0.15, -0.1) is 0 Å². The topological polar surface area (TPSA) is 72.8 Å². The molecule has 32 heavy (non-hydrogen) atoms. The Balaban J connectivity index is 1.58. The second kappa shape index (κ2) is 8.30. The summed E-state index contributed by atoms with van der Waals surface area (Å²) in [7, 11) is 1.37. The standard InChI is InChI=1S/C24H18Cl2N4O2/c1-32-24(31)15-4-2-14(3-5-15)8-11-30-21-13-19(26)18(25)12-20(21)29-23(30)17-7-10-28-22-16(17)6-9-27-22/h2-7,9-10,12-13H,8,11H2,1H3,(H,27,28). The van der Waals surface area contributed by atoms with Gasteiger partial charge in [0.1, 0.15) is 11.5 Å². The van der Waals surface area contributed by atoms with E-state index in [0.29, 0.717) is 22.2 Å². The minimum Gasteiger partial charge on any atom is -0.465 e.